The summed E-state index contributed by atoms with van der Waals surface area (Å²) in [5.41, 5.74) is -0.285. The molecule has 0 aromatic carbocycles. The predicted molar refractivity (Wildman–Crippen MR) is 43.8 cm³/mol. The molecule has 11 heavy (non-hydrogen) atoms. The fraction of sp³-hybridized carbons (Fsp3) is 0.875. The first-order valence-electron chi connectivity index (χ1n) is 3.76. The number of hydrogen-bond acceptors (Lipinski definition) is 3. The van der Waals surface area contributed by atoms with Crippen LogP contribution >= 0.6 is 0 Å². The molecule has 2 N–H and O–H groups in total. The van der Waals surface area contributed by atoms with E-state index in [0.29, 0.717) is 6.42 Å². The molecule has 1 unspecified atom stereocenters. The minimum atomic E-state index is -0.285. The lowest BCUT2D eigenvalue weighted by atomic mass is 9.88. The molecule has 0 aromatic rings. The van der Waals surface area contributed by atoms with Crippen molar-refractivity contribution in [2.75, 3.05) is 0 Å². The number of carbonyl (C=O) groups is 1. The van der Waals surface area contributed by atoms with Crippen LogP contribution in [0.3, 0.4) is 0 Å². The third-order valence-electron chi connectivity index (χ3n) is 1.54. The smallest absolute Gasteiger partial charge is 0.140 e. The monoisotopic (exact) mass is 159 g/mol. The van der Waals surface area contributed by atoms with E-state index in [9.17, 15) is 4.79 Å². The van der Waals surface area contributed by atoms with Crippen molar-refractivity contribution >= 4 is 5.78 Å². The number of Topliss-reactive ketones (excluding diaryl/α,β-unsaturated/α-hetero) is 1. The molecule has 3 nitrogen and oxygen atoms in total. The summed E-state index contributed by atoms with van der Waals surface area (Å²) in [5, 5.41) is 0. The van der Waals surface area contributed by atoms with Gasteiger partial charge in [-0.3, -0.25) is 4.79 Å². The van der Waals surface area contributed by atoms with Crippen molar-refractivity contribution in [3.05, 3.63) is 0 Å². The van der Waals surface area contributed by atoms with Crippen LogP contribution in [0, 0.1) is 5.41 Å². The first-order valence-corrected chi connectivity index (χ1v) is 3.76. The normalized spacial score (nSPS) is 14.6. The van der Waals surface area contributed by atoms with Gasteiger partial charge in [-0.1, -0.05) is 20.8 Å². The van der Waals surface area contributed by atoms with Gasteiger partial charge >= 0.3 is 0 Å². The highest BCUT2D eigenvalue weighted by molar-refractivity contribution is 5.83. The molecule has 0 aromatic heterocycles. The van der Waals surface area contributed by atoms with Crippen LogP contribution in [-0.4, -0.2) is 11.9 Å². The van der Waals surface area contributed by atoms with E-state index in [0.717, 1.165) is 0 Å². The molecule has 0 fully saturated rings. The lowest BCUT2D eigenvalue weighted by molar-refractivity contribution is -0.129. The topological polar surface area (TPSA) is 52.3 Å². The fourth-order valence-corrected chi connectivity index (χ4v) is 0.615. The predicted octanol–water partition coefficient (Wildman–Crippen LogP) is 1.27. The van der Waals surface area contributed by atoms with E-state index in [1.54, 1.807) is 6.92 Å². The minimum Gasteiger partial charge on any atom is -0.301 e. The first-order chi connectivity index (χ1) is 4.88. The molecule has 0 bridgehead atoms. The van der Waals surface area contributed by atoms with Gasteiger partial charge in [0.25, 0.3) is 0 Å². The highest BCUT2D eigenvalue weighted by Crippen LogP contribution is 2.17. The van der Waals surface area contributed by atoms with Crippen LogP contribution in [0.2, 0.25) is 0 Å². The Morgan fingerprint density at radius 1 is 1.55 bits per heavy atom. The van der Waals surface area contributed by atoms with Crippen LogP contribution in [0.15, 0.2) is 0 Å². The molecule has 1 atom stereocenters. The van der Waals surface area contributed by atoms with Crippen molar-refractivity contribution in [3.8, 4) is 0 Å². The Bertz CT molecular complexity index is 138. The van der Waals surface area contributed by atoms with Crippen LogP contribution < -0.4 is 5.90 Å². The molecule has 0 aliphatic heterocycles. The molecule has 0 spiro atoms. The Morgan fingerprint density at radius 3 is 2.27 bits per heavy atom. The average molecular weight is 159 g/mol. The molecule has 0 aliphatic rings. The van der Waals surface area contributed by atoms with Gasteiger partial charge in [-0.15, -0.1) is 0 Å². The lowest BCUT2D eigenvalue weighted by Gasteiger charge is -2.18. The summed E-state index contributed by atoms with van der Waals surface area (Å²) in [5.74, 6) is 5.09. The van der Waals surface area contributed by atoms with Gasteiger partial charge in [0.1, 0.15) is 5.78 Å². The summed E-state index contributed by atoms with van der Waals surface area (Å²) in [6.45, 7) is 7.44. The molecule has 0 rings (SSSR count). The molecule has 66 valence electrons. The molecule has 0 saturated heterocycles. The molecule has 0 aliphatic carbocycles. The summed E-state index contributed by atoms with van der Waals surface area (Å²) in [6.07, 6.45) is 0.210. The van der Waals surface area contributed by atoms with Crippen LogP contribution in [-0.2, 0) is 9.63 Å². The summed E-state index contributed by atoms with van der Waals surface area (Å²) in [7, 11) is 0. The second-order valence-electron chi connectivity index (χ2n) is 3.82. The van der Waals surface area contributed by atoms with E-state index >= 15 is 0 Å². The van der Waals surface area contributed by atoms with Gasteiger partial charge in [0.15, 0.2) is 0 Å². The molecule has 0 saturated carbocycles. The standard InChI is InChI=1S/C8H17NO2/c1-6(11-9)5-7(10)8(2,3)4/h6H,5,9H2,1-4H3. The maximum atomic E-state index is 11.3. The SMILES string of the molecule is CC(CC(=O)C(C)(C)C)ON. The van der Waals surface area contributed by atoms with E-state index in [1.807, 2.05) is 20.8 Å². The van der Waals surface area contributed by atoms with E-state index in [-0.39, 0.29) is 17.3 Å². The molecule has 3 heteroatoms. The van der Waals surface area contributed by atoms with Crippen LogP contribution in [0.4, 0.5) is 0 Å². The Hall–Kier alpha value is -0.410. The maximum absolute atomic E-state index is 11.3. The van der Waals surface area contributed by atoms with Crippen LogP contribution in [0.5, 0.6) is 0 Å². The largest absolute Gasteiger partial charge is 0.301 e. The number of ketones is 1. The van der Waals surface area contributed by atoms with E-state index in [1.165, 1.54) is 0 Å². The second-order valence-corrected chi connectivity index (χ2v) is 3.82. The van der Waals surface area contributed by atoms with Crippen molar-refractivity contribution in [1.29, 1.82) is 0 Å². The molecular weight excluding hydrogens is 142 g/mol. The summed E-state index contributed by atoms with van der Waals surface area (Å²) < 4.78 is 0. The average Bonchev–Trinajstić information content (AvgIpc) is 1.85. The minimum absolute atomic E-state index is 0.176. The first kappa shape index (κ1) is 10.6. The van der Waals surface area contributed by atoms with Gasteiger partial charge in [0.05, 0.1) is 6.10 Å². The summed E-state index contributed by atoms with van der Waals surface area (Å²) >= 11 is 0. The van der Waals surface area contributed by atoms with E-state index in [2.05, 4.69) is 4.84 Å². The zero-order valence-electron chi connectivity index (χ0n) is 7.68. The van der Waals surface area contributed by atoms with Gasteiger partial charge in [0, 0.05) is 11.8 Å². The highest BCUT2D eigenvalue weighted by Gasteiger charge is 2.22. The Morgan fingerprint density at radius 2 is 2.00 bits per heavy atom. The maximum Gasteiger partial charge on any atom is 0.140 e. The highest BCUT2D eigenvalue weighted by atomic mass is 16.6. The quantitative estimate of drug-likeness (QED) is 0.631. The van der Waals surface area contributed by atoms with Gasteiger partial charge in [-0.05, 0) is 6.92 Å². The Labute approximate surface area is 67.9 Å². The molecular formula is C8H17NO2. The number of nitrogens with two attached hydrogens (primary N) is 1. The van der Waals surface area contributed by atoms with Crippen molar-refractivity contribution in [2.24, 2.45) is 11.3 Å². The second kappa shape index (κ2) is 3.83. The lowest BCUT2D eigenvalue weighted by Crippen LogP contribution is -2.26. The van der Waals surface area contributed by atoms with E-state index in [4.69, 9.17) is 5.90 Å². The zero-order chi connectivity index (χ0) is 9.07. The number of carbonyl (C=O) groups excluding carboxylic acids is 1. The van der Waals surface area contributed by atoms with Gasteiger partial charge in [-0.25, -0.2) is 5.90 Å². The molecule has 0 radical (unpaired) electrons. The van der Waals surface area contributed by atoms with Crippen molar-refractivity contribution in [1.82, 2.24) is 0 Å². The van der Waals surface area contributed by atoms with Crippen LogP contribution in [0.25, 0.3) is 0 Å². The Balaban J connectivity index is 3.88. The number of rotatable bonds is 3. The third kappa shape index (κ3) is 4.11. The van der Waals surface area contributed by atoms with Crippen molar-refractivity contribution in [2.45, 2.75) is 40.2 Å². The molecule has 0 amide bonds. The third-order valence-corrected chi connectivity index (χ3v) is 1.54. The zero-order valence-corrected chi connectivity index (χ0v) is 7.68. The fourth-order valence-electron chi connectivity index (χ4n) is 0.615. The summed E-state index contributed by atoms with van der Waals surface area (Å²) in [6, 6.07) is 0. The van der Waals surface area contributed by atoms with Crippen LogP contribution in [0.1, 0.15) is 34.1 Å². The van der Waals surface area contributed by atoms with Crippen molar-refractivity contribution < 1.29 is 9.63 Å². The summed E-state index contributed by atoms with van der Waals surface area (Å²) in [4.78, 5) is 15.8. The number of hydrogen-bond donors (Lipinski definition) is 1. The Kier molecular flexibility index (Phi) is 3.69. The van der Waals surface area contributed by atoms with Gasteiger partial charge in [-0.2, -0.15) is 0 Å². The molecule has 0 heterocycles. The van der Waals surface area contributed by atoms with E-state index < -0.39 is 0 Å². The van der Waals surface area contributed by atoms with Crippen molar-refractivity contribution in [3.63, 3.8) is 0 Å². The van der Waals surface area contributed by atoms with Gasteiger partial charge < -0.3 is 4.84 Å². The van der Waals surface area contributed by atoms with Gasteiger partial charge in [0.2, 0.25) is 0 Å².